The van der Waals surface area contributed by atoms with Gasteiger partial charge >= 0.3 is 0 Å². The number of pyridine rings is 1. The van der Waals surface area contributed by atoms with E-state index >= 15 is 0 Å². The Bertz CT molecular complexity index is 591. The quantitative estimate of drug-likeness (QED) is 0.660. The first-order valence-electron chi connectivity index (χ1n) is 6.39. The number of hydrogen-bond donors (Lipinski definition) is 2. The Labute approximate surface area is 118 Å². The number of rotatable bonds is 4. The van der Waals surface area contributed by atoms with Crippen LogP contribution in [0.5, 0.6) is 0 Å². The van der Waals surface area contributed by atoms with Gasteiger partial charge in [-0.1, -0.05) is 18.2 Å². The Hall–Kier alpha value is -2.62. The Morgan fingerprint density at radius 2 is 2.05 bits per heavy atom. The van der Waals surface area contributed by atoms with Gasteiger partial charge in [0.15, 0.2) is 0 Å². The molecule has 102 valence electrons. The average Bonchev–Trinajstić information content (AvgIpc) is 2.47. The fourth-order valence-corrected chi connectivity index (χ4v) is 1.76. The average molecular weight is 267 g/mol. The first-order valence-corrected chi connectivity index (χ1v) is 6.39. The van der Waals surface area contributed by atoms with Crippen LogP contribution in [0.1, 0.15) is 24.1 Å². The van der Waals surface area contributed by atoms with Crippen molar-refractivity contribution in [3.63, 3.8) is 0 Å². The van der Waals surface area contributed by atoms with E-state index in [4.69, 9.17) is 5.73 Å². The maximum Gasteiger partial charge on any atom is 0.244 e. The first kappa shape index (κ1) is 13.8. The standard InChI is InChI=1S/C16H17N3O/c1-12(14-3-2-10-18-11-14)19-16(20)9-6-13-4-7-15(17)8-5-13/h2-12H,17H2,1H3,(H,19,20)/b9-6+/t12-/m1/s1. The van der Waals surface area contributed by atoms with E-state index in [-0.39, 0.29) is 11.9 Å². The third-order valence-electron chi connectivity index (χ3n) is 2.91. The van der Waals surface area contributed by atoms with Gasteiger partial charge in [-0.05, 0) is 42.3 Å². The molecule has 1 heterocycles. The van der Waals surface area contributed by atoms with Gasteiger partial charge in [-0.3, -0.25) is 9.78 Å². The van der Waals surface area contributed by atoms with Gasteiger partial charge in [-0.25, -0.2) is 0 Å². The second kappa shape index (κ2) is 6.52. The molecule has 3 N–H and O–H groups in total. The molecule has 0 unspecified atom stereocenters. The lowest BCUT2D eigenvalue weighted by molar-refractivity contribution is -0.117. The minimum Gasteiger partial charge on any atom is -0.399 e. The minimum absolute atomic E-state index is 0.0766. The van der Waals surface area contributed by atoms with Crippen molar-refractivity contribution in [2.75, 3.05) is 5.73 Å². The minimum atomic E-state index is -0.141. The number of carbonyl (C=O) groups is 1. The van der Waals surface area contributed by atoms with E-state index in [1.54, 1.807) is 30.6 Å². The lowest BCUT2D eigenvalue weighted by atomic mass is 10.1. The summed E-state index contributed by atoms with van der Waals surface area (Å²) >= 11 is 0. The van der Waals surface area contributed by atoms with E-state index in [2.05, 4.69) is 10.3 Å². The zero-order valence-electron chi connectivity index (χ0n) is 11.3. The molecule has 1 aromatic carbocycles. The molecule has 1 amide bonds. The zero-order valence-corrected chi connectivity index (χ0v) is 11.3. The predicted octanol–water partition coefficient (Wildman–Crippen LogP) is 2.55. The van der Waals surface area contributed by atoms with E-state index in [1.807, 2.05) is 31.2 Å². The number of nitrogens with two attached hydrogens (primary N) is 1. The van der Waals surface area contributed by atoms with Crippen molar-refractivity contribution in [1.29, 1.82) is 0 Å². The SMILES string of the molecule is C[C@@H](NC(=O)/C=C/c1ccc(N)cc1)c1cccnc1. The number of anilines is 1. The van der Waals surface area contributed by atoms with Gasteiger partial charge in [-0.2, -0.15) is 0 Å². The Morgan fingerprint density at radius 1 is 1.30 bits per heavy atom. The number of carbonyl (C=O) groups excluding carboxylic acids is 1. The van der Waals surface area contributed by atoms with Crippen LogP contribution in [-0.4, -0.2) is 10.9 Å². The van der Waals surface area contributed by atoms with Crippen LogP contribution in [-0.2, 0) is 4.79 Å². The molecule has 0 aliphatic rings. The van der Waals surface area contributed by atoms with Crippen LogP contribution < -0.4 is 11.1 Å². The van der Waals surface area contributed by atoms with Crippen molar-refractivity contribution < 1.29 is 4.79 Å². The Morgan fingerprint density at radius 3 is 2.70 bits per heavy atom. The van der Waals surface area contributed by atoms with Crippen LogP contribution in [0.15, 0.2) is 54.9 Å². The first-order chi connectivity index (χ1) is 9.65. The van der Waals surface area contributed by atoms with Gasteiger partial charge < -0.3 is 11.1 Å². The lowest BCUT2D eigenvalue weighted by Crippen LogP contribution is -2.24. The van der Waals surface area contributed by atoms with Crippen molar-refractivity contribution in [2.24, 2.45) is 0 Å². The van der Waals surface area contributed by atoms with Crippen molar-refractivity contribution in [1.82, 2.24) is 10.3 Å². The van der Waals surface area contributed by atoms with Gasteiger partial charge in [0, 0.05) is 24.2 Å². The number of nitrogen functional groups attached to an aromatic ring is 1. The molecule has 20 heavy (non-hydrogen) atoms. The van der Waals surface area contributed by atoms with Crippen molar-refractivity contribution in [2.45, 2.75) is 13.0 Å². The summed E-state index contributed by atoms with van der Waals surface area (Å²) in [4.78, 5) is 15.9. The normalized spacial score (nSPS) is 12.2. The molecule has 0 saturated carbocycles. The number of hydrogen-bond acceptors (Lipinski definition) is 3. The molecule has 4 heteroatoms. The maximum atomic E-state index is 11.8. The molecular formula is C16H17N3O. The van der Waals surface area contributed by atoms with Gasteiger partial charge in [0.2, 0.25) is 5.91 Å². The molecule has 2 rings (SSSR count). The third kappa shape index (κ3) is 3.95. The molecule has 0 aliphatic heterocycles. The zero-order chi connectivity index (χ0) is 14.4. The molecule has 4 nitrogen and oxygen atoms in total. The number of nitrogens with one attached hydrogen (secondary N) is 1. The molecule has 0 aliphatic carbocycles. The number of aromatic nitrogens is 1. The fourth-order valence-electron chi connectivity index (χ4n) is 1.76. The van der Waals surface area contributed by atoms with Crippen molar-refractivity contribution in [3.05, 3.63) is 66.0 Å². The van der Waals surface area contributed by atoms with Crippen molar-refractivity contribution in [3.8, 4) is 0 Å². The van der Waals surface area contributed by atoms with Crippen LogP contribution in [0.4, 0.5) is 5.69 Å². The van der Waals surface area contributed by atoms with E-state index in [0.29, 0.717) is 5.69 Å². The summed E-state index contributed by atoms with van der Waals surface area (Å²) in [5, 5.41) is 2.89. The summed E-state index contributed by atoms with van der Waals surface area (Å²) < 4.78 is 0. The second-order valence-corrected chi connectivity index (χ2v) is 4.52. The highest BCUT2D eigenvalue weighted by Crippen LogP contribution is 2.10. The summed E-state index contributed by atoms with van der Waals surface area (Å²) in [7, 11) is 0. The lowest BCUT2D eigenvalue weighted by Gasteiger charge is -2.11. The van der Waals surface area contributed by atoms with Gasteiger partial charge in [-0.15, -0.1) is 0 Å². The van der Waals surface area contributed by atoms with Crippen LogP contribution in [0.3, 0.4) is 0 Å². The monoisotopic (exact) mass is 267 g/mol. The molecule has 1 atom stereocenters. The maximum absolute atomic E-state index is 11.8. The molecule has 1 aromatic heterocycles. The smallest absolute Gasteiger partial charge is 0.244 e. The van der Waals surface area contributed by atoms with Crippen LogP contribution in [0.25, 0.3) is 6.08 Å². The number of benzene rings is 1. The van der Waals surface area contributed by atoms with Gasteiger partial charge in [0.05, 0.1) is 6.04 Å². The third-order valence-corrected chi connectivity index (χ3v) is 2.91. The Kier molecular flexibility index (Phi) is 4.50. The summed E-state index contributed by atoms with van der Waals surface area (Å²) in [6, 6.07) is 11.0. The van der Waals surface area contributed by atoms with Crippen LogP contribution >= 0.6 is 0 Å². The number of amides is 1. The summed E-state index contributed by atoms with van der Waals surface area (Å²) in [6.07, 6.45) is 6.72. The molecule has 0 bridgehead atoms. The highest BCUT2D eigenvalue weighted by Gasteiger charge is 2.06. The number of nitrogens with zero attached hydrogens (tertiary/aromatic N) is 1. The topological polar surface area (TPSA) is 68.0 Å². The van der Waals surface area contributed by atoms with Gasteiger partial charge in [0.1, 0.15) is 0 Å². The van der Waals surface area contributed by atoms with E-state index in [1.165, 1.54) is 6.08 Å². The van der Waals surface area contributed by atoms with E-state index < -0.39 is 0 Å². The largest absolute Gasteiger partial charge is 0.399 e. The summed E-state index contributed by atoms with van der Waals surface area (Å²) in [6.45, 7) is 1.92. The highest BCUT2D eigenvalue weighted by molar-refractivity contribution is 5.92. The highest BCUT2D eigenvalue weighted by atomic mass is 16.1. The molecule has 0 spiro atoms. The molecule has 0 fully saturated rings. The summed E-state index contributed by atoms with van der Waals surface area (Å²) in [5.74, 6) is -0.141. The second-order valence-electron chi connectivity index (χ2n) is 4.52. The van der Waals surface area contributed by atoms with Crippen LogP contribution in [0.2, 0.25) is 0 Å². The molecular weight excluding hydrogens is 250 g/mol. The molecule has 0 saturated heterocycles. The molecule has 0 radical (unpaired) electrons. The van der Waals surface area contributed by atoms with Crippen LogP contribution in [0, 0.1) is 0 Å². The van der Waals surface area contributed by atoms with Crippen molar-refractivity contribution >= 4 is 17.7 Å². The Balaban J connectivity index is 1.94. The fraction of sp³-hybridized carbons (Fsp3) is 0.125. The predicted molar refractivity (Wildman–Crippen MR) is 80.7 cm³/mol. The van der Waals surface area contributed by atoms with Gasteiger partial charge in [0.25, 0.3) is 0 Å². The summed E-state index contributed by atoms with van der Waals surface area (Å²) in [5.41, 5.74) is 8.22. The molecule has 2 aromatic rings. The van der Waals surface area contributed by atoms with E-state index in [9.17, 15) is 4.79 Å². The van der Waals surface area contributed by atoms with E-state index in [0.717, 1.165) is 11.1 Å².